The lowest BCUT2D eigenvalue weighted by molar-refractivity contribution is -0.132. The highest BCUT2D eigenvalue weighted by atomic mass is 19.1. The van der Waals surface area contributed by atoms with E-state index in [9.17, 15) is 9.18 Å². The first-order valence-corrected chi connectivity index (χ1v) is 6.88. The largest absolute Gasteiger partial charge is 0.353 e. The fourth-order valence-electron chi connectivity index (χ4n) is 1.72. The van der Waals surface area contributed by atoms with Gasteiger partial charge in [-0.3, -0.25) is 4.79 Å². The number of hydrogen-bond donors (Lipinski definition) is 2. The molecule has 1 aromatic carbocycles. The molecule has 1 atom stereocenters. The van der Waals surface area contributed by atoms with Crippen molar-refractivity contribution in [3.63, 3.8) is 0 Å². The third-order valence-electron chi connectivity index (χ3n) is 4.01. The minimum atomic E-state index is -0.663. The van der Waals surface area contributed by atoms with Crippen LogP contribution >= 0.6 is 0 Å². The van der Waals surface area contributed by atoms with Gasteiger partial charge in [0.05, 0.1) is 5.41 Å². The van der Waals surface area contributed by atoms with Gasteiger partial charge in [-0.2, -0.15) is 0 Å². The Morgan fingerprint density at radius 2 is 1.75 bits per heavy atom. The first-order chi connectivity index (χ1) is 9.04. The molecule has 0 aromatic heterocycles. The molecule has 0 saturated heterocycles. The van der Waals surface area contributed by atoms with Crippen LogP contribution in [0.5, 0.6) is 0 Å². The number of hydrogen-bond acceptors (Lipinski definition) is 2. The fraction of sp³-hybridized carbons (Fsp3) is 0.562. The second kappa shape index (κ2) is 5.92. The lowest BCUT2D eigenvalue weighted by Crippen LogP contribution is -2.56. The van der Waals surface area contributed by atoms with Crippen LogP contribution in [-0.4, -0.2) is 17.5 Å². The highest BCUT2D eigenvalue weighted by Crippen LogP contribution is 2.28. The van der Waals surface area contributed by atoms with E-state index in [-0.39, 0.29) is 17.8 Å². The van der Waals surface area contributed by atoms with E-state index in [2.05, 4.69) is 5.32 Å². The monoisotopic (exact) mass is 280 g/mol. The van der Waals surface area contributed by atoms with Gasteiger partial charge in [0.1, 0.15) is 5.82 Å². The van der Waals surface area contributed by atoms with Crippen LogP contribution in [0.2, 0.25) is 0 Å². The number of nitrogens with one attached hydrogen (secondary N) is 1. The number of carbonyl (C=O) groups excluding carboxylic acids is 1. The van der Waals surface area contributed by atoms with Crippen molar-refractivity contribution in [3.05, 3.63) is 35.6 Å². The molecule has 1 rings (SSSR count). The number of halogens is 1. The van der Waals surface area contributed by atoms with Crippen LogP contribution in [0.15, 0.2) is 24.3 Å². The summed E-state index contributed by atoms with van der Waals surface area (Å²) in [5.74, 6) is -0.323. The van der Waals surface area contributed by atoms with E-state index >= 15 is 0 Å². The molecule has 0 spiro atoms. The van der Waals surface area contributed by atoms with Crippen LogP contribution in [-0.2, 0) is 11.2 Å². The van der Waals surface area contributed by atoms with Crippen molar-refractivity contribution in [2.45, 2.75) is 52.6 Å². The number of nitrogens with two attached hydrogens (primary N) is 1. The van der Waals surface area contributed by atoms with Gasteiger partial charge in [0.25, 0.3) is 0 Å². The van der Waals surface area contributed by atoms with Crippen molar-refractivity contribution in [2.75, 3.05) is 0 Å². The zero-order valence-electron chi connectivity index (χ0n) is 13.0. The summed E-state index contributed by atoms with van der Waals surface area (Å²) in [5, 5.41) is 2.98. The Hall–Kier alpha value is -1.42. The van der Waals surface area contributed by atoms with Crippen molar-refractivity contribution in [2.24, 2.45) is 11.1 Å². The van der Waals surface area contributed by atoms with Gasteiger partial charge < -0.3 is 11.1 Å². The van der Waals surface area contributed by atoms with Crippen LogP contribution < -0.4 is 11.1 Å². The van der Waals surface area contributed by atoms with E-state index < -0.39 is 11.0 Å². The van der Waals surface area contributed by atoms with Crippen LogP contribution in [0.4, 0.5) is 4.39 Å². The summed E-state index contributed by atoms with van der Waals surface area (Å²) >= 11 is 0. The molecular weight excluding hydrogens is 255 g/mol. The number of rotatable bonds is 5. The Kier molecular flexibility index (Phi) is 4.92. The van der Waals surface area contributed by atoms with Gasteiger partial charge in [-0.05, 0) is 58.7 Å². The molecule has 0 aliphatic rings. The van der Waals surface area contributed by atoms with E-state index in [4.69, 9.17) is 5.73 Å². The third kappa shape index (κ3) is 4.04. The predicted octanol–water partition coefficient (Wildman–Crippen LogP) is 2.64. The topological polar surface area (TPSA) is 55.1 Å². The smallest absolute Gasteiger partial charge is 0.227 e. The number of benzene rings is 1. The molecule has 0 bridgehead atoms. The van der Waals surface area contributed by atoms with Crippen LogP contribution in [0.1, 0.15) is 40.2 Å². The van der Waals surface area contributed by atoms with Crippen molar-refractivity contribution in [1.82, 2.24) is 5.32 Å². The van der Waals surface area contributed by atoms with E-state index in [1.807, 2.05) is 34.6 Å². The summed E-state index contributed by atoms with van der Waals surface area (Å²) in [6.45, 7) is 9.30. The second-order valence-electron chi connectivity index (χ2n) is 6.55. The number of carbonyl (C=O) groups is 1. The summed E-state index contributed by atoms with van der Waals surface area (Å²) in [6, 6.07) is 6.29. The molecule has 0 saturated carbocycles. The Bertz CT molecular complexity index is 460. The standard InChI is InChI=1S/C16H25FN2O/c1-11(10-12-6-8-13(17)9-7-12)19-14(20)15(2,3)16(4,5)18/h6-9,11H,10,18H2,1-5H3,(H,19,20). The van der Waals surface area contributed by atoms with Crippen molar-refractivity contribution < 1.29 is 9.18 Å². The van der Waals surface area contributed by atoms with Gasteiger partial charge in [0, 0.05) is 11.6 Å². The molecular formula is C16H25FN2O. The Labute approximate surface area is 120 Å². The molecule has 3 N–H and O–H groups in total. The van der Waals surface area contributed by atoms with Crippen molar-refractivity contribution in [3.8, 4) is 0 Å². The van der Waals surface area contributed by atoms with E-state index in [0.29, 0.717) is 6.42 Å². The zero-order valence-corrected chi connectivity index (χ0v) is 13.0. The average Bonchev–Trinajstić information content (AvgIpc) is 2.30. The molecule has 20 heavy (non-hydrogen) atoms. The Balaban J connectivity index is 2.64. The molecule has 4 heteroatoms. The molecule has 0 aliphatic carbocycles. The highest BCUT2D eigenvalue weighted by molar-refractivity contribution is 5.83. The average molecular weight is 280 g/mol. The molecule has 0 aliphatic heterocycles. The van der Waals surface area contributed by atoms with Gasteiger partial charge in [0.15, 0.2) is 0 Å². The van der Waals surface area contributed by atoms with Crippen LogP contribution in [0.3, 0.4) is 0 Å². The molecule has 1 unspecified atom stereocenters. The van der Waals surface area contributed by atoms with Crippen molar-refractivity contribution >= 4 is 5.91 Å². The SMILES string of the molecule is CC(Cc1ccc(F)cc1)NC(=O)C(C)(C)C(C)(C)N. The fourth-order valence-corrected chi connectivity index (χ4v) is 1.72. The van der Waals surface area contributed by atoms with Crippen LogP contribution in [0, 0.1) is 11.2 Å². The van der Waals surface area contributed by atoms with Gasteiger partial charge >= 0.3 is 0 Å². The highest BCUT2D eigenvalue weighted by Gasteiger charge is 2.40. The second-order valence-corrected chi connectivity index (χ2v) is 6.55. The number of amides is 1. The summed E-state index contributed by atoms with van der Waals surface area (Å²) in [6.07, 6.45) is 0.660. The zero-order chi connectivity index (χ0) is 15.6. The lowest BCUT2D eigenvalue weighted by atomic mass is 9.74. The summed E-state index contributed by atoms with van der Waals surface area (Å²) in [4.78, 5) is 12.3. The normalized spacial score (nSPS) is 13.9. The molecule has 112 valence electrons. The first-order valence-electron chi connectivity index (χ1n) is 6.88. The minimum absolute atomic E-state index is 0.0328. The molecule has 3 nitrogen and oxygen atoms in total. The molecule has 1 amide bonds. The van der Waals surface area contributed by atoms with Gasteiger partial charge in [-0.1, -0.05) is 12.1 Å². The quantitative estimate of drug-likeness (QED) is 0.871. The van der Waals surface area contributed by atoms with E-state index in [0.717, 1.165) is 5.56 Å². The Morgan fingerprint density at radius 3 is 2.20 bits per heavy atom. The Morgan fingerprint density at radius 1 is 1.25 bits per heavy atom. The van der Waals surface area contributed by atoms with Gasteiger partial charge in [0.2, 0.25) is 5.91 Å². The third-order valence-corrected chi connectivity index (χ3v) is 4.01. The molecule has 1 aromatic rings. The molecule has 0 heterocycles. The molecule has 0 fully saturated rings. The van der Waals surface area contributed by atoms with Crippen LogP contribution in [0.25, 0.3) is 0 Å². The van der Waals surface area contributed by atoms with Crippen molar-refractivity contribution in [1.29, 1.82) is 0 Å². The van der Waals surface area contributed by atoms with E-state index in [1.165, 1.54) is 12.1 Å². The van der Waals surface area contributed by atoms with Gasteiger partial charge in [-0.15, -0.1) is 0 Å². The maximum Gasteiger partial charge on any atom is 0.227 e. The maximum atomic E-state index is 12.8. The predicted molar refractivity (Wildman–Crippen MR) is 79.8 cm³/mol. The maximum absolute atomic E-state index is 12.8. The minimum Gasteiger partial charge on any atom is -0.353 e. The summed E-state index contributed by atoms with van der Waals surface area (Å²) in [5.41, 5.74) is 5.78. The lowest BCUT2D eigenvalue weighted by Gasteiger charge is -2.37. The van der Waals surface area contributed by atoms with Gasteiger partial charge in [-0.25, -0.2) is 4.39 Å². The van der Waals surface area contributed by atoms with E-state index in [1.54, 1.807) is 12.1 Å². The molecule has 0 radical (unpaired) electrons. The summed E-state index contributed by atoms with van der Waals surface area (Å²) in [7, 11) is 0. The summed E-state index contributed by atoms with van der Waals surface area (Å²) < 4.78 is 12.8. The first kappa shape index (κ1) is 16.6.